The molecule has 0 radical (unpaired) electrons. The molecule has 5 heteroatoms. The van der Waals surface area contributed by atoms with Crippen molar-refractivity contribution in [2.45, 2.75) is 13.3 Å². The maximum atomic E-state index is 6.12. The van der Waals surface area contributed by atoms with Gasteiger partial charge >= 0.3 is 0 Å². The first kappa shape index (κ1) is 14.0. The number of hydrogen-bond donors (Lipinski definition) is 2. The van der Waals surface area contributed by atoms with Crippen molar-refractivity contribution in [2.24, 2.45) is 0 Å². The number of rotatable bonds is 4. The molecule has 0 fully saturated rings. The molecule has 1 aromatic carbocycles. The van der Waals surface area contributed by atoms with E-state index in [-0.39, 0.29) is 0 Å². The second-order valence-electron chi connectivity index (χ2n) is 4.30. The van der Waals surface area contributed by atoms with Gasteiger partial charge in [0.2, 0.25) is 0 Å². The number of halogens is 2. The van der Waals surface area contributed by atoms with E-state index >= 15 is 0 Å². The predicted molar refractivity (Wildman–Crippen MR) is 82.0 cm³/mol. The molecule has 19 heavy (non-hydrogen) atoms. The lowest BCUT2D eigenvalue weighted by molar-refractivity contribution is 1.01. The van der Waals surface area contributed by atoms with Crippen LogP contribution in [-0.2, 0) is 6.42 Å². The summed E-state index contributed by atoms with van der Waals surface area (Å²) < 4.78 is 0. The molecule has 2 aromatic rings. The number of benzene rings is 1. The summed E-state index contributed by atoms with van der Waals surface area (Å²) in [6, 6.07) is 7.40. The topological polar surface area (TPSA) is 50.9 Å². The highest BCUT2D eigenvalue weighted by molar-refractivity contribution is 6.35. The zero-order valence-electron chi connectivity index (χ0n) is 10.6. The van der Waals surface area contributed by atoms with Gasteiger partial charge in [0.15, 0.2) is 0 Å². The summed E-state index contributed by atoms with van der Waals surface area (Å²) in [6.45, 7) is 2.67. The fourth-order valence-corrected chi connectivity index (χ4v) is 2.25. The first-order valence-electron chi connectivity index (χ1n) is 5.97. The first-order chi connectivity index (χ1) is 9.08. The fourth-order valence-electron chi connectivity index (χ4n) is 1.75. The number of hydrogen-bond acceptors (Lipinski definition) is 3. The van der Waals surface area contributed by atoms with Crippen molar-refractivity contribution in [2.75, 3.05) is 17.6 Å². The van der Waals surface area contributed by atoms with E-state index in [1.807, 2.05) is 25.1 Å². The molecule has 0 spiro atoms. The minimum absolute atomic E-state index is 0.645. The number of aromatic nitrogens is 1. The quantitative estimate of drug-likeness (QED) is 0.898. The Balaban J connectivity index is 1.98. The average molecular weight is 296 g/mol. The summed E-state index contributed by atoms with van der Waals surface area (Å²) in [7, 11) is 0. The number of aryl methyl sites for hydroxylation is 1. The predicted octanol–water partition coefficient (Wildman–Crippen LogP) is 3.93. The molecule has 3 nitrogen and oxygen atoms in total. The van der Waals surface area contributed by atoms with Gasteiger partial charge in [-0.1, -0.05) is 29.3 Å². The third-order valence-corrected chi connectivity index (χ3v) is 3.50. The van der Waals surface area contributed by atoms with E-state index in [2.05, 4.69) is 10.3 Å². The van der Waals surface area contributed by atoms with Crippen LogP contribution < -0.4 is 11.1 Å². The number of nitrogen functional groups attached to an aromatic ring is 1. The zero-order chi connectivity index (χ0) is 13.8. The van der Waals surface area contributed by atoms with Crippen LogP contribution in [0.25, 0.3) is 0 Å². The Morgan fingerprint density at radius 1 is 1.26 bits per heavy atom. The zero-order valence-corrected chi connectivity index (χ0v) is 12.1. The molecule has 0 aliphatic heterocycles. The smallest absolute Gasteiger partial charge is 0.149 e. The lowest BCUT2D eigenvalue weighted by Gasteiger charge is -2.10. The second kappa shape index (κ2) is 6.13. The second-order valence-corrected chi connectivity index (χ2v) is 5.15. The lowest BCUT2D eigenvalue weighted by Crippen LogP contribution is -2.09. The molecule has 3 N–H and O–H groups in total. The number of pyridine rings is 1. The number of anilines is 2. The van der Waals surface area contributed by atoms with Gasteiger partial charge in [-0.25, -0.2) is 4.98 Å². The average Bonchev–Trinajstić information content (AvgIpc) is 2.37. The van der Waals surface area contributed by atoms with E-state index in [1.165, 1.54) is 0 Å². The molecule has 2 rings (SSSR count). The van der Waals surface area contributed by atoms with Crippen LogP contribution in [0.2, 0.25) is 10.0 Å². The van der Waals surface area contributed by atoms with Crippen LogP contribution >= 0.6 is 23.2 Å². The van der Waals surface area contributed by atoms with Gasteiger partial charge in [0, 0.05) is 22.8 Å². The molecule has 0 aliphatic carbocycles. The minimum atomic E-state index is 0.645. The van der Waals surface area contributed by atoms with E-state index in [4.69, 9.17) is 28.9 Å². The third-order valence-electron chi connectivity index (χ3n) is 2.91. The lowest BCUT2D eigenvalue weighted by atomic mass is 10.1. The van der Waals surface area contributed by atoms with Gasteiger partial charge in [-0.15, -0.1) is 0 Å². The Morgan fingerprint density at radius 3 is 2.79 bits per heavy atom. The molecular weight excluding hydrogens is 281 g/mol. The first-order valence-corrected chi connectivity index (χ1v) is 6.72. The molecule has 0 bridgehead atoms. The van der Waals surface area contributed by atoms with Crippen molar-refractivity contribution in [3.05, 3.63) is 51.6 Å². The highest BCUT2D eigenvalue weighted by Gasteiger charge is 2.04. The number of nitrogens with two attached hydrogens (primary N) is 1. The van der Waals surface area contributed by atoms with Crippen molar-refractivity contribution < 1.29 is 0 Å². The van der Waals surface area contributed by atoms with Gasteiger partial charge in [0.05, 0.1) is 5.69 Å². The summed E-state index contributed by atoms with van der Waals surface area (Å²) in [6.07, 6.45) is 2.52. The standard InChI is InChI=1S/C14H15Cl2N3/c1-9-4-6-18-14(13(9)17)19-7-5-10-2-3-11(15)8-12(10)16/h2-4,6,8H,5,7,17H2,1H3,(H,18,19). The molecule has 0 saturated carbocycles. The van der Waals surface area contributed by atoms with E-state index in [1.54, 1.807) is 12.3 Å². The summed E-state index contributed by atoms with van der Waals surface area (Å²) in [5.41, 5.74) is 8.69. The van der Waals surface area contributed by atoms with Crippen molar-refractivity contribution in [3.63, 3.8) is 0 Å². The summed E-state index contributed by atoms with van der Waals surface area (Å²) in [4.78, 5) is 4.22. The van der Waals surface area contributed by atoms with Crippen LogP contribution in [0.5, 0.6) is 0 Å². The Kier molecular flexibility index (Phi) is 4.51. The van der Waals surface area contributed by atoms with E-state index in [0.29, 0.717) is 28.1 Å². The third kappa shape index (κ3) is 3.52. The van der Waals surface area contributed by atoms with Gasteiger partial charge < -0.3 is 11.1 Å². The van der Waals surface area contributed by atoms with Gasteiger partial charge in [-0.2, -0.15) is 0 Å². The molecule has 0 atom stereocenters. The summed E-state index contributed by atoms with van der Waals surface area (Å²) in [5.74, 6) is 0.713. The van der Waals surface area contributed by atoms with Crippen molar-refractivity contribution in [1.82, 2.24) is 4.98 Å². The molecular formula is C14H15Cl2N3. The molecule has 0 aliphatic rings. The maximum Gasteiger partial charge on any atom is 0.149 e. The fraction of sp³-hybridized carbons (Fsp3) is 0.214. The van der Waals surface area contributed by atoms with Crippen LogP contribution in [0.3, 0.4) is 0 Å². The Bertz CT molecular complexity index is 585. The van der Waals surface area contributed by atoms with Crippen molar-refractivity contribution >= 4 is 34.7 Å². The minimum Gasteiger partial charge on any atom is -0.396 e. The van der Waals surface area contributed by atoms with Crippen LogP contribution in [0.4, 0.5) is 11.5 Å². The van der Waals surface area contributed by atoms with Crippen LogP contribution in [0.1, 0.15) is 11.1 Å². The number of nitrogens with zero attached hydrogens (tertiary/aromatic N) is 1. The molecule has 0 amide bonds. The van der Waals surface area contributed by atoms with E-state index < -0.39 is 0 Å². The number of nitrogens with one attached hydrogen (secondary N) is 1. The molecule has 100 valence electrons. The Hall–Kier alpha value is -1.45. The van der Waals surface area contributed by atoms with Crippen molar-refractivity contribution in [1.29, 1.82) is 0 Å². The molecule has 1 heterocycles. The van der Waals surface area contributed by atoms with Gasteiger partial charge in [0.1, 0.15) is 5.82 Å². The largest absolute Gasteiger partial charge is 0.396 e. The molecule has 0 saturated heterocycles. The van der Waals surface area contributed by atoms with E-state index in [9.17, 15) is 0 Å². The van der Waals surface area contributed by atoms with E-state index in [0.717, 1.165) is 17.5 Å². The van der Waals surface area contributed by atoms with Crippen LogP contribution in [0, 0.1) is 6.92 Å². The Labute approximate surface area is 122 Å². The monoisotopic (exact) mass is 295 g/mol. The SMILES string of the molecule is Cc1ccnc(NCCc2ccc(Cl)cc2Cl)c1N. The van der Waals surface area contributed by atoms with Crippen LogP contribution in [0.15, 0.2) is 30.5 Å². The van der Waals surface area contributed by atoms with Crippen molar-refractivity contribution in [3.8, 4) is 0 Å². The highest BCUT2D eigenvalue weighted by Crippen LogP contribution is 2.22. The maximum absolute atomic E-state index is 6.12. The molecule has 1 aromatic heterocycles. The van der Waals surface area contributed by atoms with Gasteiger partial charge in [-0.3, -0.25) is 0 Å². The molecule has 0 unspecified atom stereocenters. The van der Waals surface area contributed by atoms with Crippen LogP contribution in [-0.4, -0.2) is 11.5 Å². The van der Waals surface area contributed by atoms with Gasteiger partial charge in [-0.05, 0) is 42.7 Å². The summed E-state index contributed by atoms with van der Waals surface area (Å²) in [5, 5.41) is 4.54. The highest BCUT2D eigenvalue weighted by atomic mass is 35.5. The normalized spacial score (nSPS) is 10.5. The summed E-state index contributed by atoms with van der Waals surface area (Å²) >= 11 is 12.0. The Morgan fingerprint density at radius 2 is 2.05 bits per heavy atom. The van der Waals surface area contributed by atoms with Gasteiger partial charge in [0.25, 0.3) is 0 Å².